The zero-order valence-electron chi connectivity index (χ0n) is 15.3. The van der Waals surface area contributed by atoms with Gasteiger partial charge in [0, 0.05) is 11.1 Å². The first kappa shape index (κ1) is 25.5. The molecule has 26 heavy (non-hydrogen) atoms. The summed E-state index contributed by atoms with van der Waals surface area (Å²) in [6, 6.07) is 1.69. The van der Waals surface area contributed by atoms with Crippen LogP contribution in [0, 0.1) is 11.3 Å². The van der Waals surface area contributed by atoms with Gasteiger partial charge in [0.25, 0.3) is 0 Å². The van der Waals surface area contributed by atoms with Gasteiger partial charge in [0.15, 0.2) is 0 Å². The van der Waals surface area contributed by atoms with Gasteiger partial charge in [0.2, 0.25) is 0 Å². The molecule has 0 heterocycles. The molecule has 0 saturated carbocycles. The second-order valence-corrected chi connectivity index (χ2v) is 8.33. The minimum atomic E-state index is -5.03. The maximum Gasteiger partial charge on any atom is 1.00 e. The summed E-state index contributed by atoms with van der Waals surface area (Å²) >= 11 is 0. The molecule has 9 heteroatoms. The Morgan fingerprint density at radius 1 is 1.00 bits per heavy atom. The van der Waals surface area contributed by atoms with E-state index in [1.807, 2.05) is 27.7 Å². The van der Waals surface area contributed by atoms with Crippen LogP contribution in [0.25, 0.3) is 0 Å². The Labute approximate surface area is 163 Å². The van der Waals surface area contributed by atoms with Crippen LogP contribution in [0.2, 0.25) is 0 Å². The predicted molar refractivity (Wildman–Crippen MR) is 85.8 cm³/mol. The average Bonchev–Trinajstić information content (AvgIpc) is 2.40. The summed E-state index contributed by atoms with van der Waals surface area (Å²) in [7, 11) is -0.0692. The minimum absolute atomic E-state index is 0. The SMILES string of the molecule is CC(C[P-]C(=O)c1c(C(F)(F)F)cccc1C(F)(F)F)CC(C)(C)C.[Li+]. The van der Waals surface area contributed by atoms with E-state index in [2.05, 4.69) is 0 Å². The summed E-state index contributed by atoms with van der Waals surface area (Å²) in [6.45, 7) is 7.75. The number of carbonyl (C=O) groups excluding carboxylic acids is 1. The van der Waals surface area contributed by atoms with Crippen LogP contribution in [0.1, 0.15) is 55.6 Å². The molecule has 142 valence electrons. The molecule has 0 radical (unpaired) electrons. The van der Waals surface area contributed by atoms with Crippen LogP contribution in [-0.2, 0) is 12.4 Å². The van der Waals surface area contributed by atoms with Crippen molar-refractivity contribution in [2.45, 2.75) is 46.5 Å². The second kappa shape index (κ2) is 9.13. The zero-order valence-corrected chi connectivity index (χ0v) is 16.2. The van der Waals surface area contributed by atoms with E-state index >= 15 is 0 Å². The van der Waals surface area contributed by atoms with E-state index in [9.17, 15) is 31.1 Å². The molecule has 1 atom stereocenters. The van der Waals surface area contributed by atoms with E-state index in [0.717, 1.165) is 0 Å². The number of hydrogen-bond donors (Lipinski definition) is 0. The maximum atomic E-state index is 13.1. The van der Waals surface area contributed by atoms with Gasteiger partial charge in [0.1, 0.15) is 0 Å². The standard InChI is InChI=1S/C17H20F6OP.Li/c1-10(8-15(2,3)4)9-25-14(24)13-11(16(18,19)20)6-5-7-12(13)17(21,22)23;/h5-7,10H,8-9H2,1-4H3;/q-1;+1. The first-order valence-corrected chi connectivity index (χ1v) is 8.70. The van der Waals surface area contributed by atoms with E-state index in [4.69, 9.17) is 0 Å². The van der Waals surface area contributed by atoms with Gasteiger partial charge in [-0.05, 0) is 24.0 Å². The Morgan fingerprint density at radius 3 is 1.77 bits per heavy atom. The number of alkyl halides is 6. The Hall–Kier alpha value is -0.503. The topological polar surface area (TPSA) is 17.1 Å². The van der Waals surface area contributed by atoms with Crippen LogP contribution in [-0.4, -0.2) is 11.7 Å². The molecule has 1 aromatic rings. The van der Waals surface area contributed by atoms with Crippen molar-refractivity contribution in [3.63, 3.8) is 0 Å². The van der Waals surface area contributed by atoms with Gasteiger partial charge >= 0.3 is 31.2 Å². The van der Waals surface area contributed by atoms with Gasteiger partial charge in [-0.15, -0.1) is 0 Å². The summed E-state index contributed by atoms with van der Waals surface area (Å²) < 4.78 is 78.5. The monoisotopic (exact) mass is 392 g/mol. The van der Waals surface area contributed by atoms with E-state index < -0.39 is 34.6 Å². The molecule has 0 aliphatic heterocycles. The third-order valence-corrected chi connectivity index (χ3v) is 4.71. The average molecular weight is 392 g/mol. The van der Waals surface area contributed by atoms with Gasteiger partial charge in [-0.25, -0.2) is 0 Å². The summed E-state index contributed by atoms with van der Waals surface area (Å²) in [5.74, 6) is -0.00185. The third-order valence-electron chi connectivity index (χ3n) is 3.40. The van der Waals surface area contributed by atoms with Crippen LogP contribution in [0.15, 0.2) is 18.2 Å². The normalized spacial score (nSPS) is 14.4. The van der Waals surface area contributed by atoms with Crippen molar-refractivity contribution >= 4 is 14.1 Å². The summed E-state index contributed by atoms with van der Waals surface area (Å²) in [4.78, 5) is 12.2. The molecule has 0 bridgehead atoms. The number of rotatable bonds is 5. The number of halogens is 6. The minimum Gasteiger partial charge on any atom is -0.459 e. The van der Waals surface area contributed by atoms with Crippen LogP contribution in [0.3, 0.4) is 0 Å². The molecule has 1 unspecified atom stereocenters. The Kier molecular flexibility index (Phi) is 8.95. The van der Waals surface area contributed by atoms with E-state index in [1.165, 1.54) is 0 Å². The molecular formula is C17H20F6LiOP. The summed E-state index contributed by atoms with van der Waals surface area (Å²) in [5, 5.41) is 0. The van der Waals surface area contributed by atoms with Gasteiger partial charge in [-0.3, -0.25) is 0 Å². The molecule has 0 N–H and O–H groups in total. The number of hydrogen-bond acceptors (Lipinski definition) is 1. The molecular weight excluding hydrogens is 372 g/mol. The molecule has 0 aliphatic carbocycles. The Bertz CT molecular complexity index is 587. The molecule has 0 amide bonds. The van der Waals surface area contributed by atoms with Gasteiger partial charge < -0.3 is 13.4 Å². The molecule has 0 aromatic heterocycles. The first-order chi connectivity index (χ1) is 11.1. The molecule has 1 aromatic carbocycles. The van der Waals surface area contributed by atoms with Crippen LogP contribution in [0.5, 0.6) is 0 Å². The fourth-order valence-corrected chi connectivity index (χ4v) is 3.69. The van der Waals surface area contributed by atoms with Crippen LogP contribution < -0.4 is 18.9 Å². The van der Waals surface area contributed by atoms with Crippen molar-refractivity contribution < 1.29 is 50.0 Å². The van der Waals surface area contributed by atoms with Crippen LogP contribution >= 0.6 is 8.58 Å². The molecule has 0 saturated heterocycles. The molecule has 1 nitrogen and oxygen atoms in total. The van der Waals surface area contributed by atoms with E-state index in [0.29, 0.717) is 24.6 Å². The van der Waals surface area contributed by atoms with Gasteiger partial charge in [0.05, 0.1) is 11.1 Å². The Morgan fingerprint density at radius 2 is 1.42 bits per heavy atom. The molecule has 1 rings (SSSR count). The van der Waals surface area contributed by atoms with Crippen molar-refractivity contribution in [1.82, 2.24) is 0 Å². The predicted octanol–water partition coefficient (Wildman–Crippen LogP) is 3.89. The smallest absolute Gasteiger partial charge is 0.459 e. The van der Waals surface area contributed by atoms with Crippen molar-refractivity contribution in [3.8, 4) is 0 Å². The van der Waals surface area contributed by atoms with E-state index in [-0.39, 0.29) is 44.9 Å². The first-order valence-electron chi connectivity index (χ1n) is 7.62. The van der Waals surface area contributed by atoms with Gasteiger partial charge in [-0.1, -0.05) is 39.7 Å². The van der Waals surface area contributed by atoms with Crippen molar-refractivity contribution in [1.29, 1.82) is 0 Å². The molecule has 0 aliphatic rings. The largest absolute Gasteiger partial charge is 1.00 e. The molecule has 0 spiro atoms. The van der Waals surface area contributed by atoms with Crippen LogP contribution in [0.4, 0.5) is 26.3 Å². The van der Waals surface area contributed by atoms with Gasteiger partial charge in [-0.2, -0.15) is 32.5 Å². The Balaban J connectivity index is 0.00000625. The third kappa shape index (κ3) is 7.62. The fourth-order valence-electron chi connectivity index (χ4n) is 2.68. The number of benzene rings is 1. The zero-order chi connectivity index (χ0) is 19.6. The summed E-state index contributed by atoms with van der Waals surface area (Å²) in [6.07, 6.45) is -9.14. The van der Waals surface area contributed by atoms with E-state index in [1.54, 1.807) is 0 Å². The van der Waals surface area contributed by atoms with Crippen molar-refractivity contribution in [2.75, 3.05) is 6.16 Å². The van der Waals surface area contributed by atoms with Crippen molar-refractivity contribution in [3.05, 3.63) is 34.9 Å². The van der Waals surface area contributed by atoms with Crippen molar-refractivity contribution in [2.24, 2.45) is 11.3 Å². The number of carbonyl (C=O) groups is 1. The maximum absolute atomic E-state index is 13.1. The quantitative estimate of drug-likeness (QED) is 0.422. The summed E-state index contributed by atoms with van der Waals surface area (Å²) in [5.41, 5.74) is -5.56. The molecule has 0 fully saturated rings. The fraction of sp³-hybridized carbons (Fsp3) is 0.588. The second-order valence-electron chi connectivity index (χ2n) is 7.24.